The normalized spacial score (nSPS) is 13.1. The van der Waals surface area contributed by atoms with Crippen molar-refractivity contribution in [1.82, 2.24) is 10.6 Å². The molecule has 0 aliphatic carbocycles. The van der Waals surface area contributed by atoms with Gasteiger partial charge in [0, 0.05) is 37.7 Å². The maximum absolute atomic E-state index is 10.1. The third kappa shape index (κ3) is 11.2. The Morgan fingerprint density at radius 3 is 1.89 bits per heavy atom. The Hall–Kier alpha value is -3.57. The molecule has 3 aromatic carbocycles. The lowest BCUT2D eigenvalue weighted by atomic mass is 10.1. The monoisotopic (exact) mass is 491 g/mol. The highest BCUT2D eigenvalue weighted by molar-refractivity contribution is 5.37. The van der Waals surface area contributed by atoms with Gasteiger partial charge in [-0.3, -0.25) is 0 Å². The fourth-order valence-corrected chi connectivity index (χ4v) is 3.71. The zero-order valence-corrected chi connectivity index (χ0v) is 20.9. The molecule has 0 amide bonds. The van der Waals surface area contributed by atoms with E-state index >= 15 is 0 Å². The minimum Gasteiger partial charge on any atom is -0.508 e. The second-order valence-electron chi connectivity index (χ2n) is 8.93. The first-order valence-corrected chi connectivity index (χ1v) is 12.1. The van der Waals surface area contributed by atoms with Crippen LogP contribution in [-0.4, -0.2) is 45.6 Å². The fourth-order valence-electron chi connectivity index (χ4n) is 3.71. The first-order valence-electron chi connectivity index (χ1n) is 12.1. The molecule has 3 rings (SSSR count). The summed E-state index contributed by atoms with van der Waals surface area (Å²) >= 11 is 0. The number of aliphatic hydroxyl groups excluding tert-OH is 1. The fraction of sp³-hybridized carbons (Fsp3) is 0.345. The molecule has 0 fully saturated rings. The highest BCUT2D eigenvalue weighted by atomic mass is 16.3. The van der Waals surface area contributed by atoms with Crippen molar-refractivity contribution in [2.45, 2.75) is 51.3 Å². The number of rotatable bonds is 11. The van der Waals surface area contributed by atoms with Crippen molar-refractivity contribution in [3.63, 3.8) is 0 Å². The standard InChI is InChI=1S/C17H21NO4.C12H16N2/c1-11(6-12-2-4-14(19)5-3-12)18-10-17(22)13-7-15(20)9-16(21)8-13;1-11(14-9-5-8-13)10-12-6-3-2-4-7-12/h2-5,7-9,11,17-22H,6,10H2,1H3;2-4,6-7,11,14H,5,9-10H2,1H3. The number of aromatic hydroxyl groups is 3. The lowest BCUT2D eigenvalue weighted by molar-refractivity contribution is 0.170. The van der Waals surface area contributed by atoms with E-state index in [-0.39, 0.29) is 23.3 Å². The van der Waals surface area contributed by atoms with E-state index in [0.717, 1.165) is 24.9 Å². The van der Waals surface area contributed by atoms with Gasteiger partial charge in [0.1, 0.15) is 17.2 Å². The summed E-state index contributed by atoms with van der Waals surface area (Å²) in [6, 6.07) is 24.2. The number of aliphatic hydroxyl groups is 1. The van der Waals surface area contributed by atoms with Crippen LogP contribution in [0.5, 0.6) is 17.2 Å². The van der Waals surface area contributed by atoms with Crippen LogP contribution in [0.3, 0.4) is 0 Å². The highest BCUT2D eigenvalue weighted by Crippen LogP contribution is 2.24. The molecule has 0 aliphatic rings. The van der Waals surface area contributed by atoms with E-state index < -0.39 is 6.10 Å². The second-order valence-corrected chi connectivity index (χ2v) is 8.93. The summed E-state index contributed by atoms with van der Waals surface area (Å²) in [4.78, 5) is 0. The summed E-state index contributed by atoms with van der Waals surface area (Å²) in [6.45, 7) is 5.23. The minimum absolute atomic E-state index is 0.0776. The predicted molar refractivity (Wildman–Crippen MR) is 142 cm³/mol. The molecular formula is C29H37N3O4. The Morgan fingerprint density at radius 1 is 0.750 bits per heavy atom. The van der Waals surface area contributed by atoms with E-state index in [1.165, 1.54) is 23.8 Å². The maximum Gasteiger partial charge on any atom is 0.119 e. The van der Waals surface area contributed by atoms with Crippen molar-refractivity contribution >= 4 is 0 Å². The molecule has 7 heteroatoms. The lowest BCUT2D eigenvalue weighted by Gasteiger charge is -2.18. The number of hydrogen-bond donors (Lipinski definition) is 6. The molecule has 0 aliphatic heterocycles. The molecular weight excluding hydrogens is 454 g/mol. The van der Waals surface area contributed by atoms with Gasteiger partial charge < -0.3 is 31.1 Å². The molecule has 0 spiro atoms. The van der Waals surface area contributed by atoms with Gasteiger partial charge in [-0.1, -0.05) is 42.5 Å². The average molecular weight is 492 g/mol. The van der Waals surface area contributed by atoms with Crippen LogP contribution in [-0.2, 0) is 12.8 Å². The van der Waals surface area contributed by atoms with Gasteiger partial charge in [0.25, 0.3) is 0 Å². The Kier molecular flexibility index (Phi) is 12.3. The molecule has 0 saturated heterocycles. The largest absolute Gasteiger partial charge is 0.508 e. The van der Waals surface area contributed by atoms with Crippen molar-refractivity contribution in [3.8, 4) is 23.3 Å². The van der Waals surface area contributed by atoms with Crippen LogP contribution in [0.1, 0.15) is 43.1 Å². The van der Waals surface area contributed by atoms with Gasteiger partial charge in [-0.25, -0.2) is 0 Å². The van der Waals surface area contributed by atoms with Gasteiger partial charge in [0.2, 0.25) is 0 Å². The van der Waals surface area contributed by atoms with E-state index in [9.17, 15) is 20.4 Å². The smallest absolute Gasteiger partial charge is 0.119 e. The summed E-state index contributed by atoms with van der Waals surface area (Å²) in [5.74, 6) is 0.0841. The first kappa shape index (κ1) is 28.7. The number of hydrogen-bond acceptors (Lipinski definition) is 7. The lowest BCUT2D eigenvalue weighted by Crippen LogP contribution is -2.32. The van der Waals surface area contributed by atoms with E-state index in [0.29, 0.717) is 24.6 Å². The SMILES string of the molecule is CC(Cc1ccc(O)cc1)NCC(O)c1cc(O)cc(O)c1.CC(Cc1ccccc1)NCCC#N. The maximum atomic E-state index is 10.1. The van der Waals surface area contributed by atoms with E-state index in [4.69, 9.17) is 5.26 Å². The third-order valence-corrected chi connectivity index (χ3v) is 5.56. The van der Waals surface area contributed by atoms with Crippen molar-refractivity contribution in [2.75, 3.05) is 13.1 Å². The van der Waals surface area contributed by atoms with Crippen LogP contribution in [0, 0.1) is 11.3 Å². The van der Waals surface area contributed by atoms with Crippen molar-refractivity contribution in [3.05, 3.63) is 89.5 Å². The molecule has 0 aromatic heterocycles. The molecule has 3 aromatic rings. The van der Waals surface area contributed by atoms with Crippen molar-refractivity contribution in [2.24, 2.45) is 0 Å². The minimum atomic E-state index is -0.819. The number of benzene rings is 3. The van der Waals surface area contributed by atoms with Crippen LogP contribution in [0.4, 0.5) is 0 Å². The molecule has 3 atom stereocenters. The van der Waals surface area contributed by atoms with Gasteiger partial charge in [-0.2, -0.15) is 5.26 Å². The summed E-state index contributed by atoms with van der Waals surface area (Å²) in [6.07, 6.45) is 1.55. The Balaban J connectivity index is 0.000000281. The van der Waals surface area contributed by atoms with Crippen LogP contribution < -0.4 is 10.6 Å². The Labute approximate surface area is 213 Å². The van der Waals surface area contributed by atoms with Crippen LogP contribution >= 0.6 is 0 Å². The number of nitrogens with one attached hydrogen (secondary N) is 2. The Bertz CT molecular complexity index is 1050. The van der Waals surface area contributed by atoms with E-state index in [1.807, 2.05) is 25.1 Å². The zero-order valence-electron chi connectivity index (χ0n) is 20.9. The first-order chi connectivity index (χ1) is 17.3. The summed E-state index contributed by atoms with van der Waals surface area (Å²) in [5.41, 5.74) is 2.88. The quantitative estimate of drug-likeness (QED) is 0.222. The van der Waals surface area contributed by atoms with Crippen molar-refractivity contribution in [1.29, 1.82) is 5.26 Å². The molecule has 0 heterocycles. The van der Waals surface area contributed by atoms with Gasteiger partial charge in [-0.05, 0) is 67.6 Å². The highest BCUT2D eigenvalue weighted by Gasteiger charge is 2.12. The van der Waals surface area contributed by atoms with E-state index in [2.05, 4.69) is 47.9 Å². The number of phenols is 3. The third-order valence-electron chi connectivity index (χ3n) is 5.56. The topological polar surface area (TPSA) is 129 Å². The molecule has 7 nitrogen and oxygen atoms in total. The zero-order chi connectivity index (χ0) is 26.3. The van der Waals surface area contributed by atoms with Crippen LogP contribution in [0.2, 0.25) is 0 Å². The molecule has 0 bridgehead atoms. The molecule has 6 N–H and O–H groups in total. The number of nitrogens with zero attached hydrogens (tertiary/aromatic N) is 1. The van der Waals surface area contributed by atoms with Gasteiger partial charge in [-0.15, -0.1) is 0 Å². The van der Waals surface area contributed by atoms with Gasteiger partial charge >= 0.3 is 0 Å². The summed E-state index contributed by atoms with van der Waals surface area (Å²) in [5, 5.41) is 53.1. The Morgan fingerprint density at radius 2 is 1.31 bits per heavy atom. The van der Waals surface area contributed by atoms with Crippen LogP contribution in [0.15, 0.2) is 72.8 Å². The average Bonchev–Trinajstić information content (AvgIpc) is 2.84. The van der Waals surface area contributed by atoms with Gasteiger partial charge in [0.05, 0.1) is 12.2 Å². The number of phenolic OH excluding ortho intramolecular Hbond substituents is 3. The molecule has 192 valence electrons. The summed E-state index contributed by atoms with van der Waals surface area (Å²) < 4.78 is 0. The second kappa shape index (κ2) is 15.4. The van der Waals surface area contributed by atoms with Gasteiger partial charge in [0.15, 0.2) is 0 Å². The molecule has 0 saturated carbocycles. The predicted octanol–water partition coefficient (Wildman–Crippen LogP) is 4.18. The van der Waals surface area contributed by atoms with Crippen molar-refractivity contribution < 1.29 is 20.4 Å². The molecule has 0 radical (unpaired) electrons. The number of nitriles is 1. The molecule has 36 heavy (non-hydrogen) atoms. The van der Waals surface area contributed by atoms with E-state index in [1.54, 1.807) is 12.1 Å². The van der Waals surface area contributed by atoms with Crippen LogP contribution in [0.25, 0.3) is 0 Å². The summed E-state index contributed by atoms with van der Waals surface area (Å²) in [7, 11) is 0. The molecule has 3 unspecified atom stereocenters.